The molecule has 9 atom stereocenters. The van der Waals surface area contributed by atoms with Gasteiger partial charge in [0.2, 0.25) is 0 Å². The second kappa shape index (κ2) is 8.95. The molecule has 4 aliphatic rings. The quantitative estimate of drug-likeness (QED) is 0.320. The van der Waals surface area contributed by atoms with Crippen molar-refractivity contribution in [2.75, 3.05) is 0 Å². The Kier molecular flexibility index (Phi) is 6.74. The third-order valence-electron chi connectivity index (χ3n) is 10.8. The minimum Gasteiger partial charge on any atom is -0.458 e. The summed E-state index contributed by atoms with van der Waals surface area (Å²) in [6, 6.07) is 0. The van der Waals surface area contributed by atoms with Crippen molar-refractivity contribution in [3.63, 3.8) is 0 Å². The minimum atomic E-state index is -0.112. The molecule has 0 saturated heterocycles. The van der Waals surface area contributed by atoms with Gasteiger partial charge in [-0.1, -0.05) is 72.1 Å². The average molecular weight is 441 g/mol. The molecule has 2 nitrogen and oxygen atoms in total. The molecular formula is C30H48O2. The van der Waals surface area contributed by atoms with E-state index >= 15 is 0 Å². The van der Waals surface area contributed by atoms with E-state index in [1.165, 1.54) is 51.4 Å². The second-order valence-corrected chi connectivity index (χ2v) is 12.8. The summed E-state index contributed by atoms with van der Waals surface area (Å²) in [5.74, 6) is 4.50. The highest BCUT2D eigenvalue weighted by Gasteiger charge is 2.59. The molecule has 4 rings (SSSR count). The maximum atomic E-state index is 12.0. The van der Waals surface area contributed by atoms with E-state index in [2.05, 4.69) is 59.8 Å². The van der Waals surface area contributed by atoms with Crippen molar-refractivity contribution in [3.8, 4) is 0 Å². The van der Waals surface area contributed by atoms with Gasteiger partial charge < -0.3 is 4.74 Å². The fourth-order valence-electron chi connectivity index (χ4n) is 8.52. The summed E-state index contributed by atoms with van der Waals surface area (Å²) < 4.78 is 5.99. The summed E-state index contributed by atoms with van der Waals surface area (Å²) in [4.78, 5) is 12.0. The molecule has 0 heterocycles. The van der Waals surface area contributed by atoms with Crippen LogP contribution in [0.15, 0.2) is 23.8 Å². The van der Waals surface area contributed by atoms with E-state index in [4.69, 9.17) is 4.74 Å². The van der Waals surface area contributed by atoms with Gasteiger partial charge >= 0.3 is 5.97 Å². The van der Waals surface area contributed by atoms with Gasteiger partial charge in [0.1, 0.15) is 6.10 Å². The Labute approximate surface area is 197 Å². The lowest BCUT2D eigenvalue weighted by molar-refractivity contribution is -0.153. The highest BCUT2D eigenvalue weighted by atomic mass is 16.5. The van der Waals surface area contributed by atoms with Gasteiger partial charge in [0, 0.05) is 12.8 Å². The van der Waals surface area contributed by atoms with Crippen LogP contribution >= 0.6 is 0 Å². The number of esters is 1. The van der Waals surface area contributed by atoms with Crippen molar-refractivity contribution >= 4 is 5.97 Å². The third-order valence-corrected chi connectivity index (χ3v) is 10.8. The van der Waals surface area contributed by atoms with Crippen LogP contribution in [0.2, 0.25) is 0 Å². The first-order valence-corrected chi connectivity index (χ1v) is 13.6. The highest BCUT2D eigenvalue weighted by Crippen LogP contribution is 2.67. The van der Waals surface area contributed by atoms with Gasteiger partial charge in [0.05, 0.1) is 0 Å². The number of carbonyl (C=O) groups excluding carboxylic acids is 1. The molecule has 3 saturated carbocycles. The number of carbonyl (C=O) groups is 1. The number of rotatable bonds is 5. The molecule has 0 aromatic heterocycles. The first-order valence-electron chi connectivity index (χ1n) is 13.6. The van der Waals surface area contributed by atoms with Crippen LogP contribution in [0, 0.1) is 52.3 Å². The van der Waals surface area contributed by atoms with Crippen molar-refractivity contribution in [2.45, 2.75) is 106 Å². The largest absolute Gasteiger partial charge is 0.458 e. The summed E-state index contributed by atoms with van der Waals surface area (Å²) in [5.41, 5.74) is 2.37. The van der Waals surface area contributed by atoms with Gasteiger partial charge in [-0.15, -0.1) is 0 Å². The molecular weight excluding hydrogens is 392 g/mol. The lowest BCUT2D eigenvalue weighted by Gasteiger charge is -2.58. The maximum absolute atomic E-state index is 12.0. The smallest absolute Gasteiger partial charge is 0.303 e. The van der Waals surface area contributed by atoms with E-state index in [1.54, 1.807) is 12.5 Å². The fraction of sp³-hybridized carbons (Fsp3) is 0.833. The van der Waals surface area contributed by atoms with Crippen molar-refractivity contribution in [1.29, 1.82) is 0 Å². The third kappa shape index (κ3) is 4.03. The zero-order valence-corrected chi connectivity index (χ0v) is 21.8. The van der Waals surface area contributed by atoms with Crippen LogP contribution in [-0.2, 0) is 9.53 Å². The molecule has 3 fully saturated rings. The SMILES string of the molecule is CC(=O)OC1C=C2[C@@H]3CC[C@H]([C@H](C)C=C[C@H](C)C(C)C)[C@@]3(C)CC[C@@H]2[C@@]2(C)CCCCC12. The van der Waals surface area contributed by atoms with E-state index < -0.39 is 0 Å². The standard InChI is InChI=1S/C30H48O2/c1-19(2)20(3)11-12-21(4)24-13-14-25-23-18-28(32-22(5)31)27-10-8-9-16-29(27,6)26(23)15-17-30(24,25)7/h11-12,18-21,24-28H,8-10,13-17H2,1-7H3/t20-,21+,24+,25-,26-,27?,28?,29+,30+/m0/s1. The average Bonchev–Trinajstić information content (AvgIpc) is 3.08. The Balaban J connectivity index is 1.62. The topological polar surface area (TPSA) is 26.3 Å². The van der Waals surface area contributed by atoms with Crippen LogP contribution in [0.4, 0.5) is 0 Å². The molecule has 32 heavy (non-hydrogen) atoms. The number of hydrogen-bond acceptors (Lipinski definition) is 2. The lowest BCUT2D eigenvalue weighted by Crippen LogP contribution is -2.52. The van der Waals surface area contributed by atoms with Crippen molar-refractivity contribution in [1.82, 2.24) is 0 Å². The summed E-state index contributed by atoms with van der Waals surface area (Å²) >= 11 is 0. The Hall–Kier alpha value is -1.05. The molecule has 2 unspecified atom stereocenters. The molecule has 0 amide bonds. The minimum absolute atomic E-state index is 0.00494. The van der Waals surface area contributed by atoms with Crippen LogP contribution in [0.25, 0.3) is 0 Å². The Bertz CT molecular complexity index is 763. The van der Waals surface area contributed by atoms with Gasteiger partial charge in [-0.3, -0.25) is 4.79 Å². The zero-order chi connectivity index (χ0) is 23.3. The van der Waals surface area contributed by atoms with Crippen LogP contribution in [0.1, 0.15) is 99.8 Å². The van der Waals surface area contributed by atoms with Gasteiger partial charge in [-0.2, -0.15) is 0 Å². The first-order chi connectivity index (χ1) is 15.1. The summed E-state index contributed by atoms with van der Waals surface area (Å²) in [6.45, 7) is 16.2. The van der Waals surface area contributed by atoms with E-state index in [-0.39, 0.29) is 12.1 Å². The van der Waals surface area contributed by atoms with E-state index in [0.29, 0.717) is 46.3 Å². The van der Waals surface area contributed by atoms with Gasteiger partial charge in [0.15, 0.2) is 0 Å². The van der Waals surface area contributed by atoms with Crippen molar-refractivity contribution in [2.24, 2.45) is 52.3 Å². The number of ether oxygens (including phenoxy) is 1. The van der Waals surface area contributed by atoms with Crippen LogP contribution in [0.5, 0.6) is 0 Å². The zero-order valence-electron chi connectivity index (χ0n) is 21.8. The molecule has 0 bridgehead atoms. The lowest BCUT2D eigenvalue weighted by atomic mass is 9.47. The molecule has 0 aromatic rings. The molecule has 4 aliphatic carbocycles. The molecule has 0 radical (unpaired) electrons. The van der Waals surface area contributed by atoms with E-state index in [0.717, 1.165) is 5.92 Å². The normalized spacial score (nSPS) is 43.2. The predicted molar refractivity (Wildman–Crippen MR) is 133 cm³/mol. The first kappa shape index (κ1) is 24.1. The summed E-state index contributed by atoms with van der Waals surface area (Å²) in [5, 5.41) is 0. The maximum Gasteiger partial charge on any atom is 0.303 e. The molecule has 0 spiro atoms. The molecule has 0 aromatic carbocycles. The molecule has 0 aliphatic heterocycles. The Morgan fingerprint density at radius 1 is 0.969 bits per heavy atom. The van der Waals surface area contributed by atoms with Crippen molar-refractivity contribution in [3.05, 3.63) is 23.8 Å². The van der Waals surface area contributed by atoms with E-state index in [9.17, 15) is 4.79 Å². The molecule has 2 heteroatoms. The monoisotopic (exact) mass is 440 g/mol. The van der Waals surface area contributed by atoms with Crippen LogP contribution in [0.3, 0.4) is 0 Å². The van der Waals surface area contributed by atoms with Gasteiger partial charge in [-0.05, 0) is 90.9 Å². The summed E-state index contributed by atoms with van der Waals surface area (Å²) in [7, 11) is 0. The van der Waals surface area contributed by atoms with Gasteiger partial charge in [-0.25, -0.2) is 0 Å². The Morgan fingerprint density at radius 2 is 1.69 bits per heavy atom. The number of fused-ring (bicyclic) bond motifs is 5. The Morgan fingerprint density at radius 3 is 2.38 bits per heavy atom. The fourth-order valence-corrected chi connectivity index (χ4v) is 8.52. The number of hydrogen-bond donors (Lipinski definition) is 0. The summed E-state index contributed by atoms with van der Waals surface area (Å²) in [6.07, 6.45) is 18.0. The van der Waals surface area contributed by atoms with Crippen LogP contribution < -0.4 is 0 Å². The predicted octanol–water partition coefficient (Wildman–Crippen LogP) is 7.98. The van der Waals surface area contributed by atoms with Crippen LogP contribution in [-0.4, -0.2) is 12.1 Å². The number of allylic oxidation sites excluding steroid dienone is 3. The van der Waals surface area contributed by atoms with E-state index in [1.807, 2.05) is 0 Å². The second-order valence-electron chi connectivity index (χ2n) is 12.8. The van der Waals surface area contributed by atoms with Crippen molar-refractivity contribution < 1.29 is 9.53 Å². The molecule has 0 N–H and O–H groups in total. The molecule has 180 valence electrons. The van der Waals surface area contributed by atoms with Gasteiger partial charge in [0.25, 0.3) is 0 Å². The highest BCUT2D eigenvalue weighted by molar-refractivity contribution is 5.66.